The average molecular weight is 332 g/mol. The van der Waals surface area contributed by atoms with Crippen molar-refractivity contribution in [3.05, 3.63) is 59.7 Å². The number of nitrogens with two attached hydrogens (primary N) is 1. The Morgan fingerprint density at radius 1 is 1.04 bits per heavy atom. The van der Waals surface area contributed by atoms with Gasteiger partial charge in [0.2, 0.25) is 15.9 Å². The summed E-state index contributed by atoms with van der Waals surface area (Å²) in [7, 11) is -3.72. The highest BCUT2D eigenvalue weighted by Gasteiger charge is 2.09. The third-order valence-corrected chi connectivity index (χ3v) is 4.41. The lowest BCUT2D eigenvalue weighted by Gasteiger charge is -2.08. The molecule has 0 spiro atoms. The highest BCUT2D eigenvalue weighted by Crippen LogP contribution is 2.16. The second kappa shape index (κ2) is 6.93. The fraction of sp³-hybridized carbons (Fsp3) is 0.235. The maximum Gasteiger partial charge on any atom is 0.238 e. The van der Waals surface area contributed by atoms with E-state index in [1.807, 2.05) is 24.3 Å². The molecule has 1 amide bonds. The summed E-state index contributed by atoms with van der Waals surface area (Å²) in [6, 6.07) is 13.7. The molecule has 0 fully saturated rings. The van der Waals surface area contributed by atoms with Crippen molar-refractivity contribution in [1.82, 2.24) is 0 Å². The van der Waals surface area contributed by atoms with Gasteiger partial charge in [0.05, 0.1) is 11.3 Å². The van der Waals surface area contributed by atoms with Crippen LogP contribution in [-0.4, -0.2) is 14.3 Å². The normalized spacial score (nSPS) is 11.5. The first-order valence-corrected chi connectivity index (χ1v) is 8.82. The van der Waals surface area contributed by atoms with Gasteiger partial charge in [0.1, 0.15) is 0 Å². The molecule has 2 rings (SSSR count). The van der Waals surface area contributed by atoms with E-state index in [-0.39, 0.29) is 17.2 Å². The molecular weight excluding hydrogens is 312 g/mol. The molecule has 0 radical (unpaired) electrons. The number of hydrogen-bond donors (Lipinski definition) is 2. The van der Waals surface area contributed by atoms with E-state index in [1.54, 1.807) is 0 Å². The minimum absolute atomic E-state index is 0.0137. The van der Waals surface area contributed by atoms with Gasteiger partial charge in [-0.3, -0.25) is 4.79 Å². The number of rotatable bonds is 5. The monoisotopic (exact) mass is 332 g/mol. The van der Waals surface area contributed by atoms with E-state index in [9.17, 15) is 13.2 Å². The van der Waals surface area contributed by atoms with Gasteiger partial charge >= 0.3 is 0 Å². The quantitative estimate of drug-likeness (QED) is 0.882. The Morgan fingerprint density at radius 2 is 1.61 bits per heavy atom. The zero-order chi connectivity index (χ0) is 17.0. The molecule has 2 aromatic rings. The fourth-order valence-electron chi connectivity index (χ4n) is 2.14. The van der Waals surface area contributed by atoms with E-state index >= 15 is 0 Å². The molecule has 122 valence electrons. The maximum atomic E-state index is 12.0. The number of carbonyl (C=O) groups excluding carboxylic acids is 1. The van der Waals surface area contributed by atoms with Crippen LogP contribution in [0.4, 0.5) is 5.69 Å². The van der Waals surface area contributed by atoms with Crippen LogP contribution in [0.15, 0.2) is 53.4 Å². The van der Waals surface area contributed by atoms with Crippen LogP contribution in [0.25, 0.3) is 0 Å². The maximum absolute atomic E-state index is 12.0. The molecule has 0 aliphatic heterocycles. The SMILES string of the molecule is CC(C)c1ccc(CC(=O)Nc2ccc(S(N)(=O)=O)cc2)cc1. The van der Waals surface area contributed by atoms with E-state index in [1.165, 1.54) is 29.8 Å². The average Bonchev–Trinajstić information content (AvgIpc) is 2.47. The molecule has 0 saturated heterocycles. The summed E-state index contributed by atoms with van der Waals surface area (Å²) in [5, 5.41) is 7.76. The van der Waals surface area contributed by atoms with Crippen molar-refractivity contribution < 1.29 is 13.2 Å². The van der Waals surface area contributed by atoms with Crippen molar-refractivity contribution in [1.29, 1.82) is 0 Å². The molecular formula is C17H20N2O3S. The highest BCUT2D eigenvalue weighted by molar-refractivity contribution is 7.89. The Balaban J connectivity index is 1.99. The molecule has 0 atom stereocenters. The molecule has 0 unspecified atom stereocenters. The minimum atomic E-state index is -3.72. The summed E-state index contributed by atoms with van der Waals surface area (Å²) < 4.78 is 22.3. The molecule has 6 heteroatoms. The van der Waals surface area contributed by atoms with Crippen LogP contribution in [0, 0.1) is 0 Å². The first kappa shape index (κ1) is 17.2. The van der Waals surface area contributed by atoms with Gasteiger partial charge in [-0.2, -0.15) is 0 Å². The van der Waals surface area contributed by atoms with Crippen LogP contribution < -0.4 is 10.5 Å². The Hall–Kier alpha value is -2.18. The van der Waals surface area contributed by atoms with Gasteiger partial charge in [-0.15, -0.1) is 0 Å². The highest BCUT2D eigenvalue weighted by atomic mass is 32.2. The summed E-state index contributed by atoms with van der Waals surface area (Å²) in [4.78, 5) is 12.0. The number of nitrogens with one attached hydrogen (secondary N) is 1. The summed E-state index contributed by atoms with van der Waals surface area (Å²) >= 11 is 0. The van der Waals surface area contributed by atoms with Crippen molar-refractivity contribution in [2.75, 3.05) is 5.32 Å². The van der Waals surface area contributed by atoms with Crippen LogP contribution >= 0.6 is 0 Å². The number of benzene rings is 2. The molecule has 2 aromatic carbocycles. The van der Waals surface area contributed by atoms with Crippen LogP contribution in [0.5, 0.6) is 0 Å². The summed E-state index contributed by atoms with van der Waals surface area (Å²) in [5.41, 5.74) is 2.68. The molecule has 0 aromatic heterocycles. The molecule has 0 bridgehead atoms. The van der Waals surface area contributed by atoms with Gasteiger partial charge in [0.25, 0.3) is 0 Å². The number of carbonyl (C=O) groups is 1. The third-order valence-electron chi connectivity index (χ3n) is 3.48. The predicted molar refractivity (Wildman–Crippen MR) is 90.7 cm³/mol. The topological polar surface area (TPSA) is 89.3 Å². The largest absolute Gasteiger partial charge is 0.326 e. The van der Waals surface area contributed by atoms with Gasteiger partial charge in [-0.05, 0) is 41.3 Å². The van der Waals surface area contributed by atoms with E-state index < -0.39 is 10.0 Å². The van der Waals surface area contributed by atoms with E-state index in [0.29, 0.717) is 11.6 Å². The standard InChI is InChI=1S/C17H20N2O3S/c1-12(2)14-5-3-13(4-6-14)11-17(20)19-15-7-9-16(10-8-15)23(18,21)22/h3-10,12H,11H2,1-2H3,(H,19,20)(H2,18,21,22). The number of hydrogen-bond acceptors (Lipinski definition) is 3. The molecule has 0 heterocycles. The second-order valence-corrected chi connectivity index (χ2v) is 7.25. The van der Waals surface area contributed by atoms with Crippen LogP contribution in [0.1, 0.15) is 30.9 Å². The molecule has 0 aliphatic rings. The number of primary sulfonamides is 1. The van der Waals surface area contributed by atoms with E-state index in [2.05, 4.69) is 19.2 Å². The van der Waals surface area contributed by atoms with E-state index in [0.717, 1.165) is 5.56 Å². The molecule has 0 saturated carbocycles. The van der Waals surface area contributed by atoms with Gasteiger partial charge in [0.15, 0.2) is 0 Å². The van der Waals surface area contributed by atoms with Crippen molar-refractivity contribution in [3.8, 4) is 0 Å². The van der Waals surface area contributed by atoms with Crippen molar-refractivity contribution in [2.45, 2.75) is 31.1 Å². The molecule has 0 aliphatic carbocycles. The van der Waals surface area contributed by atoms with E-state index in [4.69, 9.17) is 5.14 Å². The molecule has 5 nitrogen and oxygen atoms in total. The number of amides is 1. The Labute approximate surface area is 136 Å². The Kier molecular flexibility index (Phi) is 5.18. The summed E-state index contributed by atoms with van der Waals surface area (Å²) in [5.74, 6) is 0.292. The lowest BCUT2D eigenvalue weighted by molar-refractivity contribution is -0.115. The van der Waals surface area contributed by atoms with Gasteiger partial charge < -0.3 is 5.32 Å². The Morgan fingerprint density at radius 3 is 2.09 bits per heavy atom. The van der Waals surface area contributed by atoms with Gasteiger partial charge in [0, 0.05) is 5.69 Å². The smallest absolute Gasteiger partial charge is 0.238 e. The van der Waals surface area contributed by atoms with Gasteiger partial charge in [-0.25, -0.2) is 13.6 Å². The summed E-state index contributed by atoms with van der Waals surface area (Å²) in [6.45, 7) is 4.24. The number of sulfonamides is 1. The van der Waals surface area contributed by atoms with Crippen LogP contribution in [-0.2, 0) is 21.2 Å². The first-order chi connectivity index (χ1) is 10.8. The van der Waals surface area contributed by atoms with Crippen LogP contribution in [0.3, 0.4) is 0 Å². The predicted octanol–water partition coefficient (Wildman–Crippen LogP) is 2.64. The first-order valence-electron chi connectivity index (χ1n) is 7.27. The van der Waals surface area contributed by atoms with Gasteiger partial charge in [-0.1, -0.05) is 38.1 Å². The lowest BCUT2D eigenvalue weighted by atomic mass is 10.0. The second-order valence-electron chi connectivity index (χ2n) is 5.69. The fourth-order valence-corrected chi connectivity index (χ4v) is 2.65. The van der Waals surface area contributed by atoms with Crippen molar-refractivity contribution in [3.63, 3.8) is 0 Å². The number of anilines is 1. The zero-order valence-corrected chi connectivity index (χ0v) is 13.9. The Bertz CT molecular complexity index is 780. The summed E-state index contributed by atoms with van der Waals surface area (Å²) in [6.07, 6.45) is 0.259. The van der Waals surface area contributed by atoms with Crippen LogP contribution in [0.2, 0.25) is 0 Å². The van der Waals surface area contributed by atoms with Crippen molar-refractivity contribution in [2.24, 2.45) is 5.14 Å². The lowest BCUT2D eigenvalue weighted by Crippen LogP contribution is -2.15. The third kappa shape index (κ3) is 4.91. The zero-order valence-electron chi connectivity index (χ0n) is 13.1. The molecule has 23 heavy (non-hydrogen) atoms. The molecule has 3 N–H and O–H groups in total. The minimum Gasteiger partial charge on any atom is -0.326 e. The van der Waals surface area contributed by atoms with Crippen molar-refractivity contribution >= 4 is 21.6 Å².